The van der Waals surface area contributed by atoms with Crippen LogP contribution in [0.4, 0.5) is 5.69 Å². The molecular weight excluding hydrogens is 282 g/mol. The first-order valence-corrected chi connectivity index (χ1v) is 7.89. The molecule has 1 aromatic carbocycles. The number of benzene rings is 1. The first kappa shape index (κ1) is 14.3. The van der Waals surface area contributed by atoms with E-state index in [-0.39, 0.29) is 0 Å². The molecule has 3 atom stereocenters. The van der Waals surface area contributed by atoms with Gasteiger partial charge in [-0.25, -0.2) is 0 Å². The van der Waals surface area contributed by atoms with E-state index < -0.39 is 5.91 Å². The largest absolute Gasteiger partial charge is 0.366 e. The average Bonchev–Trinajstić information content (AvgIpc) is 3.09. The molecule has 2 aliphatic rings. The number of nitrogens with zero attached hydrogens (tertiary/aromatic N) is 1. The van der Waals surface area contributed by atoms with Crippen LogP contribution in [0, 0.1) is 11.8 Å². The Kier molecular flexibility index (Phi) is 3.85. The Balaban J connectivity index is 1.62. The molecule has 21 heavy (non-hydrogen) atoms. The number of primary amides is 1. The molecule has 0 unspecified atom stereocenters. The van der Waals surface area contributed by atoms with E-state index in [1.54, 1.807) is 12.1 Å². The summed E-state index contributed by atoms with van der Waals surface area (Å²) in [5, 5.41) is 4.26. The molecule has 2 aliphatic carbocycles. The fourth-order valence-electron chi connectivity index (χ4n) is 3.64. The Morgan fingerprint density at radius 2 is 2.00 bits per heavy atom. The highest BCUT2D eigenvalue weighted by Crippen LogP contribution is 2.44. The highest BCUT2D eigenvalue weighted by atomic mass is 32.1. The van der Waals surface area contributed by atoms with Crippen LogP contribution in [0.3, 0.4) is 0 Å². The smallest absolute Gasteiger partial charge is 0.248 e. The van der Waals surface area contributed by atoms with Gasteiger partial charge >= 0.3 is 0 Å². The topological polar surface area (TPSA) is 58.4 Å². The van der Waals surface area contributed by atoms with E-state index in [0.29, 0.717) is 11.6 Å². The van der Waals surface area contributed by atoms with Crippen LogP contribution in [0.15, 0.2) is 24.3 Å². The zero-order valence-electron chi connectivity index (χ0n) is 12.2. The molecule has 5 heteroatoms. The monoisotopic (exact) mass is 303 g/mol. The third kappa shape index (κ3) is 2.88. The Morgan fingerprint density at radius 1 is 1.29 bits per heavy atom. The van der Waals surface area contributed by atoms with Crippen molar-refractivity contribution in [2.24, 2.45) is 17.6 Å². The first-order valence-electron chi connectivity index (χ1n) is 7.48. The van der Waals surface area contributed by atoms with Crippen LogP contribution in [0.1, 0.15) is 36.0 Å². The zero-order chi connectivity index (χ0) is 15.0. The lowest BCUT2D eigenvalue weighted by atomic mass is 9.95. The van der Waals surface area contributed by atoms with Crippen LogP contribution in [0.25, 0.3) is 0 Å². The maximum Gasteiger partial charge on any atom is 0.248 e. The van der Waals surface area contributed by atoms with Gasteiger partial charge in [0.2, 0.25) is 5.91 Å². The lowest BCUT2D eigenvalue weighted by Gasteiger charge is -2.28. The van der Waals surface area contributed by atoms with Gasteiger partial charge in [0.25, 0.3) is 0 Å². The SMILES string of the molecule is CN(C(=S)N[C@@H]1C[C@H]2CC[C@H]1C2)c1ccc(C(N)=O)cc1. The highest BCUT2D eigenvalue weighted by molar-refractivity contribution is 7.80. The number of anilines is 1. The summed E-state index contributed by atoms with van der Waals surface area (Å²) < 4.78 is 0. The molecule has 0 aliphatic heterocycles. The molecule has 0 radical (unpaired) electrons. The number of amides is 1. The normalized spacial score (nSPS) is 26.6. The Morgan fingerprint density at radius 3 is 2.52 bits per heavy atom. The summed E-state index contributed by atoms with van der Waals surface area (Å²) in [6.45, 7) is 0. The predicted molar refractivity (Wildman–Crippen MR) is 88.3 cm³/mol. The van der Waals surface area contributed by atoms with Gasteiger partial charge in [-0.3, -0.25) is 4.79 Å². The van der Waals surface area contributed by atoms with Gasteiger partial charge in [-0.05, 0) is 67.6 Å². The van der Waals surface area contributed by atoms with Gasteiger partial charge in [-0.15, -0.1) is 0 Å². The number of carbonyl (C=O) groups excluding carboxylic acids is 1. The van der Waals surface area contributed by atoms with Gasteiger partial charge in [0, 0.05) is 24.3 Å². The first-order chi connectivity index (χ1) is 10.0. The second-order valence-corrected chi connectivity index (χ2v) is 6.59. The van der Waals surface area contributed by atoms with E-state index in [0.717, 1.165) is 22.6 Å². The lowest BCUT2D eigenvalue weighted by Crippen LogP contribution is -2.45. The fraction of sp³-hybridized carbons (Fsp3) is 0.500. The lowest BCUT2D eigenvalue weighted by molar-refractivity contribution is 0.100. The third-order valence-corrected chi connectivity index (χ3v) is 5.28. The Hall–Kier alpha value is -1.62. The van der Waals surface area contributed by atoms with E-state index in [4.69, 9.17) is 18.0 Å². The molecule has 1 aromatic rings. The van der Waals surface area contributed by atoms with Crippen molar-refractivity contribution in [3.63, 3.8) is 0 Å². The molecule has 0 spiro atoms. The van der Waals surface area contributed by atoms with Crippen molar-refractivity contribution in [2.45, 2.75) is 31.7 Å². The van der Waals surface area contributed by atoms with Gasteiger partial charge in [-0.2, -0.15) is 0 Å². The maximum atomic E-state index is 11.1. The molecule has 4 nitrogen and oxygen atoms in total. The molecule has 0 heterocycles. The van der Waals surface area contributed by atoms with Crippen LogP contribution in [-0.2, 0) is 0 Å². The van der Waals surface area contributed by atoms with Crippen molar-refractivity contribution in [3.8, 4) is 0 Å². The number of fused-ring (bicyclic) bond motifs is 2. The summed E-state index contributed by atoms with van der Waals surface area (Å²) in [5.41, 5.74) is 6.72. The van der Waals surface area contributed by atoms with Gasteiger partial charge in [0.05, 0.1) is 0 Å². The number of rotatable bonds is 3. The minimum absolute atomic E-state index is 0.410. The van der Waals surface area contributed by atoms with Crippen LogP contribution in [0.2, 0.25) is 0 Å². The second kappa shape index (κ2) is 5.64. The van der Waals surface area contributed by atoms with Crippen molar-refractivity contribution in [1.29, 1.82) is 0 Å². The van der Waals surface area contributed by atoms with E-state index in [1.165, 1.54) is 25.7 Å². The van der Waals surface area contributed by atoms with Gasteiger partial charge < -0.3 is 16.0 Å². The number of nitrogens with one attached hydrogen (secondary N) is 1. The number of thiocarbonyl (C=S) groups is 1. The average molecular weight is 303 g/mol. The van der Waals surface area contributed by atoms with Crippen molar-refractivity contribution in [3.05, 3.63) is 29.8 Å². The van der Waals surface area contributed by atoms with Crippen LogP contribution < -0.4 is 16.0 Å². The molecule has 2 saturated carbocycles. The number of carbonyl (C=O) groups is 1. The molecule has 1 amide bonds. The summed E-state index contributed by atoms with van der Waals surface area (Å²) in [6.07, 6.45) is 5.33. The molecule has 0 saturated heterocycles. The van der Waals surface area contributed by atoms with Gasteiger partial charge in [0.15, 0.2) is 5.11 Å². The maximum absolute atomic E-state index is 11.1. The van der Waals surface area contributed by atoms with Gasteiger partial charge in [0.1, 0.15) is 0 Å². The van der Waals surface area contributed by atoms with Crippen molar-refractivity contribution >= 4 is 28.9 Å². The van der Waals surface area contributed by atoms with Crippen molar-refractivity contribution in [1.82, 2.24) is 5.32 Å². The summed E-state index contributed by atoms with van der Waals surface area (Å²) in [4.78, 5) is 13.0. The molecule has 2 fully saturated rings. The molecule has 0 aromatic heterocycles. The van der Waals surface area contributed by atoms with E-state index in [1.807, 2.05) is 24.1 Å². The molecule has 3 N–H and O–H groups in total. The quantitative estimate of drug-likeness (QED) is 0.841. The Bertz CT molecular complexity index is 557. The summed E-state index contributed by atoms with van der Waals surface area (Å²) >= 11 is 5.52. The molecule has 2 bridgehead atoms. The summed E-state index contributed by atoms with van der Waals surface area (Å²) in [6, 6.07) is 7.73. The Labute approximate surface area is 130 Å². The standard InChI is InChI=1S/C16H21N3OS/c1-19(13-6-4-11(5-7-13)15(17)20)16(21)18-14-9-10-2-3-12(14)8-10/h4-7,10,12,14H,2-3,8-9H2,1H3,(H2,17,20)(H,18,21)/t10-,12-,14+/m0/s1. The minimum Gasteiger partial charge on any atom is -0.366 e. The highest BCUT2D eigenvalue weighted by Gasteiger charge is 2.39. The van der Waals surface area contributed by atoms with Gasteiger partial charge in [-0.1, -0.05) is 6.42 Å². The summed E-state index contributed by atoms with van der Waals surface area (Å²) in [5.74, 6) is 1.28. The van der Waals surface area contributed by atoms with Crippen LogP contribution in [-0.4, -0.2) is 24.1 Å². The zero-order valence-corrected chi connectivity index (χ0v) is 13.0. The van der Waals surface area contributed by atoms with E-state index in [9.17, 15) is 4.79 Å². The van der Waals surface area contributed by atoms with Crippen LogP contribution in [0.5, 0.6) is 0 Å². The third-order valence-electron chi connectivity index (χ3n) is 4.89. The van der Waals surface area contributed by atoms with Crippen molar-refractivity contribution in [2.75, 3.05) is 11.9 Å². The predicted octanol–water partition coefficient (Wildman–Crippen LogP) is 2.28. The van der Waals surface area contributed by atoms with Crippen LogP contribution >= 0.6 is 12.2 Å². The molecular formula is C16H21N3OS. The minimum atomic E-state index is -0.410. The van der Waals surface area contributed by atoms with E-state index in [2.05, 4.69) is 5.32 Å². The number of hydrogen-bond donors (Lipinski definition) is 2. The second-order valence-electron chi connectivity index (χ2n) is 6.20. The number of hydrogen-bond acceptors (Lipinski definition) is 2. The van der Waals surface area contributed by atoms with E-state index >= 15 is 0 Å². The molecule has 3 rings (SSSR count). The summed E-state index contributed by atoms with van der Waals surface area (Å²) in [7, 11) is 1.95. The fourth-order valence-corrected chi connectivity index (χ4v) is 3.90. The van der Waals surface area contributed by atoms with Crippen molar-refractivity contribution < 1.29 is 4.79 Å². The number of nitrogens with two attached hydrogens (primary N) is 1. The molecule has 112 valence electrons.